The van der Waals surface area contributed by atoms with Gasteiger partial charge < -0.3 is 13.4 Å². The lowest BCUT2D eigenvalue weighted by Crippen LogP contribution is -2.00. The number of hydrogen-bond donors (Lipinski definition) is 0. The van der Waals surface area contributed by atoms with Crippen molar-refractivity contribution in [3.8, 4) is 39.9 Å². The quantitative estimate of drug-likeness (QED) is 0.182. The first kappa shape index (κ1) is 29.9. The van der Waals surface area contributed by atoms with Gasteiger partial charge in [-0.05, 0) is 65.4 Å². The van der Waals surface area contributed by atoms with E-state index in [0.29, 0.717) is 17.5 Å². The van der Waals surface area contributed by atoms with Crippen molar-refractivity contribution in [3.63, 3.8) is 0 Å². The normalized spacial score (nSPS) is 12.0. The molecule has 0 fully saturated rings. The van der Waals surface area contributed by atoms with E-state index in [0.717, 1.165) is 77.3 Å². The van der Waals surface area contributed by atoms with Crippen LogP contribution in [0.5, 0.6) is 0 Å². The van der Waals surface area contributed by atoms with E-state index < -0.39 is 0 Å². The molecule has 4 aromatic heterocycles. The first-order chi connectivity index (χ1) is 27.2. The maximum atomic E-state index is 7.03. The molecule has 256 valence electrons. The Balaban J connectivity index is 1.10. The fraction of sp³-hybridized carbons (Fsp3) is 0. The summed E-state index contributed by atoms with van der Waals surface area (Å²) < 4.78 is 15.5. The molecule has 4 heterocycles. The third-order valence-corrected chi connectivity index (χ3v) is 10.8. The van der Waals surface area contributed by atoms with E-state index in [9.17, 15) is 0 Å². The van der Waals surface area contributed by atoms with Gasteiger partial charge in [0.2, 0.25) is 0 Å². The third kappa shape index (κ3) is 4.52. The highest BCUT2D eigenvalue weighted by Gasteiger charge is 2.22. The van der Waals surface area contributed by atoms with Crippen LogP contribution in [-0.4, -0.2) is 19.5 Å². The lowest BCUT2D eigenvalue weighted by atomic mass is 10.1. The van der Waals surface area contributed by atoms with Crippen LogP contribution in [0, 0.1) is 0 Å². The molecule has 0 unspecified atom stereocenters. The highest BCUT2D eigenvalue weighted by molar-refractivity contribution is 6.16. The van der Waals surface area contributed by atoms with Crippen molar-refractivity contribution in [2.24, 2.45) is 0 Å². The van der Waals surface area contributed by atoms with E-state index in [-0.39, 0.29) is 0 Å². The zero-order valence-electron chi connectivity index (χ0n) is 29.3. The molecule has 0 aliphatic rings. The minimum Gasteiger partial charge on any atom is -0.456 e. The van der Waals surface area contributed by atoms with Crippen molar-refractivity contribution in [1.29, 1.82) is 0 Å². The lowest BCUT2D eigenvalue weighted by Gasteiger charge is -2.09. The van der Waals surface area contributed by atoms with Crippen LogP contribution in [0.3, 0.4) is 0 Å². The molecule has 12 aromatic rings. The number of benzene rings is 8. The summed E-state index contributed by atoms with van der Waals surface area (Å²) in [7, 11) is 0. The highest BCUT2D eigenvalue weighted by atomic mass is 16.3. The van der Waals surface area contributed by atoms with Crippen molar-refractivity contribution in [2.75, 3.05) is 0 Å². The van der Waals surface area contributed by atoms with Crippen molar-refractivity contribution in [1.82, 2.24) is 19.5 Å². The molecule has 6 nitrogen and oxygen atoms in total. The molecule has 0 aliphatic carbocycles. The molecule has 0 bridgehead atoms. The van der Waals surface area contributed by atoms with Gasteiger partial charge in [-0.25, -0.2) is 15.0 Å². The summed E-state index contributed by atoms with van der Waals surface area (Å²) in [5, 5.41) is 8.90. The van der Waals surface area contributed by atoms with Gasteiger partial charge in [-0.15, -0.1) is 0 Å². The van der Waals surface area contributed by atoms with Crippen molar-refractivity contribution in [3.05, 3.63) is 170 Å². The number of nitrogens with zero attached hydrogens (tertiary/aromatic N) is 4. The summed E-state index contributed by atoms with van der Waals surface area (Å²) in [6.07, 6.45) is 0. The predicted octanol–water partition coefficient (Wildman–Crippen LogP) is 12.9. The first-order valence-electron chi connectivity index (χ1n) is 18.4. The lowest BCUT2D eigenvalue weighted by molar-refractivity contribution is 0.667. The Bertz CT molecular complexity index is 3500. The van der Waals surface area contributed by atoms with E-state index >= 15 is 0 Å². The number of aromatic nitrogens is 4. The Morgan fingerprint density at radius 2 is 1.02 bits per heavy atom. The van der Waals surface area contributed by atoms with Gasteiger partial charge in [0, 0.05) is 43.4 Å². The summed E-state index contributed by atoms with van der Waals surface area (Å²) in [4.78, 5) is 15.3. The van der Waals surface area contributed by atoms with Crippen LogP contribution in [0.15, 0.2) is 179 Å². The minimum absolute atomic E-state index is 0.538. The molecule has 0 saturated heterocycles. The SMILES string of the molecule is c1ccc(-c2nc(-c3ccc4oc5ccccc5c4c3)nc(-c3cccc4c3oc3c(-n5c6ccccc6c6cc7ccccc7cc65)cccc34)n2)cc1. The van der Waals surface area contributed by atoms with Gasteiger partial charge in [0.15, 0.2) is 23.1 Å². The van der Waals surface area contributed by atoms with E-state index in [4.69, 9.17) is 23.8 Å². The van der Waals surface area contributed by atoms with Gasteiger partial charge in [-0.1, -0.05) is 115 Å². The molecule has 0 atom stereocenters. The summed E-state index contributed by atoms with van der Waals surface area (Å²) in [5.74, 6) is 1.70. The van der Waals surface area contributed by atoms with Gasteiger partial charge in [0.1, 0.15) is 16.7 Å². The van der Waals surface area contributed by atoms with Gasteiger partial charge in [0.05, 0.1) is 22.3 Å². The summed E-state index contributed by atoms with van der Waals surface area (Å²) in [6.45, 7) is 0. The Kier molecular flexibility index (Phi) is 6.24. The van der Waals surface area contributed by atoms with E-state index in [1.165, 1.54) is 21.5 Å². The van der Waals surface area contributed by atoms with Gasteiger partial charge in [0.25, 0.3) is 0 Å². The number of hydrogen-bond acceptors (Lipinski definition) is 5. The zero-order valence-corrected chi connectivity index (χ0v) is 29.3. The Morgan fingerprint density at radius 3 is 1.89 bits per heavy atom. The van der Waals surface area contributed by atoms with Gasteiger partial charge in [-0.3, -0.25) is 0 Å². The zero-order chi connectivity index (χ0) is 36.0. The fourth-order valence-corrected chi connectivity index (χ4v) is 8.28. The second-order valence-corrected chi connectivity index (χ2v) is 14.0. The number of furan rings is 2. The van der Waals surface area contributed by atoms with E-state index in [1.807, 2.05) is 66.7 Å². The summed E-state index contributed by atoms with van der Waals surface area (Å²) >= 11 is 0. The molecule has 12 rings (SSSR count). The summed E-state index contributed by atoms with van der Waals surface area (Å²) in [6, 6.07) is 58.6. The summed E-state index contributed by atoms with van der Waals surface area (Å²) in [5.41, 5.74) is 9.00. The number of rotatable bonds is 4. The molecule has 0 spiro atoms. The molecule has 0 aliphatic heterocycles. The van der Waals surface area contributed by atoms with Crippen molar-refractivity contribution < 1.29 is 8.83 Å². The monoisotopic (exact) mass is 704 g/mol. The Labute approximate surface area is 313 Å². The molecule has 8 aromatic carbocycles. The van der Waals surface area contributed by atoms with Gasteiger partial charge in [-0.2, -0.15) is 0 Å². The van der Waals surface area contributed by atoms with Crippen LogP contribution in [0.4, 0.5) is 0 Å². The van der Waals surface area contributed by atoms with Crippen LogP contribution >= 0.6 is 0 Å². The molecular formula is C49H28N4O2. The van der Waals surface area contributed by atoms with Crippen LogP contribution < -0.4 is 0 Å². The average Bonchev–Trinajstić information content (AvgIpc) is 3.92. The van der Waals surface area contributed by atoms with Crippen molar-refractivity contribution in [2.45, 2.75) is 0 Å². The predicted molar refractivity (Wildman–Crippen MR) is 223 cm³/mol. The largest absolute Gasteiger partial charge is 0.456 e. The molecule has 0 radical (unpaired) electrons. The fourth-order valence-electron chi connectivity index (χ4n) is 8.28. The highest BCUT2D eigenvalue weighted by Crippen LogP contribution is 2.42. The van der Waals surface area contributed by atoms with Crippen molar-refractivity contribution >= 4 is 76.5 Å². The molecule has 6 heteroatoms. The standard InChI is InChI=1S/C49H28N4O2/c1-2-12-29(13-3-1)47-50-48(32-24-25-44-39(27-32)34-17-7-9-23-43(34)54-44)52-49(51-47)37-20-10-18-35-36-19-11-22-41(46(36)55-45(35)37)53-40-21-8-6-16-33(40)38-26-30-14-4-5-15-31(30)28-42(38)53/h1-28H. The Morgan fingerprint density at radius 1 is 0.364 bits per heavy atom. The van der Waals surface area contributed by atoms with Gasteiger partial charge >= 0.3 is 0 Å². The van der Waals surface area contributed by atoms with Crippen LogP contribution in [0.2, 0.25) is 0 Å². The topological polar surface area (TPSA) is 69.9 Å². The van der Waals surface area contributed by atoms with Crippen LogP contribution in [0.1, 0.15) is 0 Å². The smallest absolute Gasteiger partial charge is 0.167 e. The first-order valence-corrected chi connectivity index (χ1v) is 18.4. The maximum absolute atomic E-state index is 7.03. The minimum atomic E-state index is 0.538. The van der Waals surface area contributed by atoms with Crippen LogP contribution in [0.25, 0.3) is 116 Å². The third-order valence-electron chi connectivity index (χ3n) is 10.8. The van der Waals surface area contributed by atoms with E-state index in [2.05, 4.69) is 108 Å². The number of fused-ring (bicyclic) bond motifs is 10. The van der Waals surface area contributed by atoms with Crippen LogP contribution in [-0.2, 0) is 0 Å². The van der Waals surface area contributed by atoms with E-state index in [1.54, 1.807) is 0 Å². The molecular weight excluding hydrogens is 677 g/mol. The molecule has 55 heavy (non-hydrogen) atoms. The molecule has 0 saturated carbocycles. The second-order valence-electron chi connectivity index (χ2n) is 14.0. The Hall–Kier alpha value is -7.57. The maximum Gasteiger partial charge on any atom is 0.167 e. The average molecular weight is 705 g/mol. The second kappa shape index (κ2) is 11.5. The number of para-hydroxylation sites is 4. The molecule has 0 N–H and O–H groups in total. The molecule has 0 amide bonds.